The summed E-state index contributed by atoms with van der Waals surface area (Å²) >= 11 is 6.64. The molecule has 0 spiro atoms. The van der Waals surface area contributed by atoms with Crippen LogP contribution in [0.25, 0.3) is 10.9 Å². The number of rotatable bonds is 4. The molecule has 1 N–H and O–H groups in total. The largest absolute Gasteiger partial charge is 0.493 e. The van der Waals surface area contributed by atoms with Crippen molar-refractivity contribution in [2.24, 2.45) is 0 Å². The third kappa shape index (κ3) is 3.38. The van der Waals surface area contributed by atoms with Crippen molar-refractivity contribution in [1.82, 2.24) is 9.88 Å². The fourth-order valence-corrected chi connectivity index (χ4v) is 4.19. The molecular formula is C21H24Cl2N2O2. The molecule has 0 unspecified atom stereocenters. The van der Waals surface area contributed by atoms with Crippen LogP contribution in [-0.2, 0) is 19.5 Å². The summed E-state index contributed by atoms with van der Waals surface area (Å²) in [5.41, 5.74) is 6.38. The van der Waals surface area contributed by atoms with E-state index in [1.54, 1.807) is 14.2 Å². The van der Waals surface area contributed by atoms with Gasteiger partial charge in [-0.25, -0.2) is 0 Å². The highest BCUT2D eigenvalue weighted by Gasteiger charge is 2.21. The lowest BCUT2D eigenvalue weighted by Crippen LogP contribution is -2.25. The second kappa shape index (κ2) is 8.01. The van der Waals surface area contributed by atoms with Crippen LogP contribution in [0.2, 0.25) is 5.02 Å². The number of halogens is 2. The lowest BCUT2D eigenvalue weighted by atomic mass is 10.0. The van der Waals surface area contributed by atoms with Crippen LogP contribution in [0, 0.1) is 6.92 Å². The molecule has 0 fully saturated rings. The summed E-state index contributed by atoms with van der Waals surface area (Å²) in [4.78, 5) is 0. The molecule has 144 valence electrons. The first-order chi connectivity index (χ1) is 12.6. The van der Waals surface area contributed by atoms with Crippen molar-refractivity contribution in [3.05, 3.63) is 57.7 Å². The van der Waals surface area contributed by atoms with Gasteiger partial charge in [0, 0.05) is 29.7 Å². The molecule has 2 aromatic carbocycles. The average Bonchev–Trinajstić information content (AvgIpc) is 2.96. The van der Waals surface area contributed by atoms with E-state index in [4.69, 9.17) is 21.1 Å². The maximum atomic E-state index is 6.64. The molecule has 0 atom stereocenters. The van der Waals surface area contributed by atoms with Crippen LogP contribution >= 0.6 is 24.0 Å². The minimum atomic E-state index is 0. The SMILES string of the molecule is COc1ccc(Cn2c3c(c4cc(C)ccc42)CCNC3)c(Cl)c1OC.Cl. The van der Waals surface area contributed by atoms with E-state index in [1.807, 2.05) is 12.1 Å². The zero-order chi connectivity index (χ0) is 18.3. The van der Waals surface area contributed by atoms with E-state index in [-0.39, 0.29) is 12.4 Å². The summed E-state index contributed by atoms with van der Waals surface area (Å²) in [6.45, 7) is 4.76. The lowest BCUT2D eigenvalue weighted by molar-refractivity contribution is 0.354. The topological polar surface area (TPSA) is 35.4 Å². The van der Waals surface area contributed by atoms with Gasteiger partial charge in [-0.3, -0.25) is 0 Å². The van der Waals surface area contributed by atoms with E-state index in [1.165, 1.54) is 27.7 Å². The molecule has 0 amide bonds. The van der Waals surface area contributed by atoms with Gasteiger partial charge in [0.25, 0.3) is 0 Å². The van der Waals surface area contributed by atoms with E-state index < -0.39 is 0 Å². The normalized spacial score (nSPS) is 13.2. The van der Waals surface area contributed by atoms with Gasteiger partial charge in [0.1, 0.15) is 0 Å². The first-order valence-electron chi connectivity index (χ1n) is 8.84. The number of methoxy groups -OCH3 is 2. The highest BCUT2D eigenvalue weighted by Crippen LogP contribution is 2.38. The highest BCUT2D eigenvalue weighted by atomic mass is 35.5. The van der Waals surface area contributed by atoms with Gasteiger partial charge in [-0.2, -0.15) is 0 Å². The molecule has 2 heterocycles. The Morgan fingerprint density at radius 2 is 1.96 bits per heavy atom. The Labute approximate surface area is 170 Å². The highest BCUT2D eigenvalue weighted by molar-refractivity contribution is 6.33. The number of ether oxygens (including phenoxy) is 2. The monoisotopic (exact) mass is 406 g/mol. The molecule has 0 radical (unpaired) electrons. The number of aryl methyl sites for hydroxylation is 1. The van der Waals surface area contributed by atoms with Crippen molar-refractivity contribution in [1.29, 1.82) is 0 Å². The zero-order valence-electron chi connectivity index (χ0n) is 15.8. The maximum Gasteiger partial charge on any atom is 0.179 e. The van der Waals surface area contributed by atoms with Crippen molar-refractivity contribution in [3.63, 3.8) is 0 Å². The molecule has 3 aromatic rings. The van der Waals surface area contributed by atoms with E-state index >= 15 is 0 Å². The molecular weight excluding hydrogens is 383 g/mol. The van der Waals surface area contributed by atoms with Gasteiger partial charge < -0.3 is 19.4 Å². The summed E-state index contributed by atoms with van der Waals surface area (Å²) in [5.74, 6) is 1.24. The second-order valence-corrected chi connectivity index (χ2v) is 7.11. The Hall–Kier alpha value is -1.88. The first-order valence-corrected chi connectivity index (χ1v) is 9.22. The molecule has 0 saturated heterocycles. The second-order valence-electron chi connectivity index (χ2n) is 6.73. The summed E-state index contributed by atoms with van der Waals surface area (Å²) in [5, 5.41) is 5.47. The van der Waals surface area contributed by atoms with Gasteiger partial charge in [-0.05, 0) is 49.2 Å². The molecule has 1 aliphatic rings. The first kappa shape index (κ1) is 19.9. The maximum absolute atomic E-state index is 6.64. The summed E-state index contributed by atoms with van der Waals surface area (Å²) < 4.78 is 13.2. The van der Waals surface area contributed by atoms with Crippen LogP contribution in [-0.4, -0.2) is 25.3 Å². The fourth-order valence-electron chi connectivity index (χ4n) is 3.90. The standard InChI is InChI=1S/C21H23ClN2O2.ClH/c1-13-4-6-17-16(10-13)15-8-9-23-11-18(15)24(17)12-14-5-7-19(25-2)21(26-3)20(14)22;/h4-7,10,23H,8-9,11-12H2,1-3H3;1H. The van der Waals surface area contributed by atoms with Gasteiger partial charge in [-0.1, -0.05) is 29.3 Å². The van der Waals surface area contributed by atoms with Crippen molar-refractivity contribution < 1.29 is 9.47 Å². The van der Waals surface area contributed by atoms with Gasteiger partial charge in [0.2, 0.25) is 0 Å². The van der Waals surface area contributed by atoms with E-state index in [9.17, 15) is 0 Å². The van der Waals surface area contributed by atoms with E-state index in [0.717, 1.165) is 25.1 Å². The van der Waals surface area contributed by atoms with Crippen molar-refractivity contribution in [2.75, 3.05) is 20.8 Å². The Bertz CT molecular complexity index is 982. The summed E-state index contributed by atoms with van der Waals surface area (Å²) in [7, 11) is 3.24. The van der Waals surface area contributed by atoms with Crippen LogP contribution in [0.1, 0.15) is 22.4 Å². The Morgan fingerprint density at radius 3 is 2.70 bits per heavy atom. The Kier molecular flexibility index (Phi) is 5.89. The number of hydrogen-bond acceptors (Lipinski definition) is 3. The molecule has 4 nitrogen and oxygen atoms in total. The number of hydrogen-bond donors (Lipinski definition) is 1. The number of nitrogens with zero attached hydrogens (tertiary/aromatic N) is 1. The molecule has 0 aliphatic carbocycles. The van der Waals surface area contributed by atoms with Crippen LogP contribution in [0.15, 0.2) is 30.3 Å². The van der Waals surface area contributed by atoms with Crippen LogP contribution < -0.4 is 14.8 Å². The number of nitrogens with one attached hydrogen (secondary N) is 1. The van der Waals surface area contributed by atoms with Crippen molar-refractivity contribution >= 4 is 34.9 Å². The fraction of sp³-hybridized carbons (Fsp3) is 0.333. The predicted octanol–water partition coefficient (Wildman–Crippen LogP) is 4.74. The zero-order valence-corrected chi connectivity index (χ0v) is 17.3. The molecule has 1 aromatic heterocycles. The summed E-state index contributed by atoms with van der Waals surface area (Å²) in [6.07, 6.45) is 1.06. The molecule has 1 aliphatic heterocycles. The lowest BCUT2D eigenvalue weighted by Gasteiger charge is -2.19. The van der Waals surface area contributed by atoms with Crippen LogP contribution in [0.4, 0.5) is 0 Å². The third-order valence-corrected chi connectivity index (χ3v) is 5.59. The molecule has 0 saturated carbocycles. The minimum Gasteiger partial charge on any atom is -0.493 e. The van der Waals surface area contributed by atoms with Crippen LogP contribution in [0.3, 0.4) is 0 Å². The summed E-state index contributed by atoms with van der Waals surface area (Å²) in [6, 6.07) is 10.6. The average molecular weight is 407 g/mol. The van der Waals surface area contributed by atoms with Crippen molar-refractivity contribution in [2.45, 2.75) is 26.4 Å². The van der Waals surface area contributed by atoms with Crippen LogP contribution in [0.5, 0.6) is 11.5 Å². The molecule has 0 bridgehead atoms. The van der Waals surface area contributed by atoms with Gasteiger partial charge in [0.15, 0.2) is 11.5 Å². The van der Waals surface area contributed by atoms with Crippen molar-refractivity contribution in [3.8, 4) is 11.5 Å². The Balaban J connectivity index is 0.00000210. The van der Waals surface area contributed by atoms with Gasteiger partial charge >= 0.3 is 0 Å². The predicted molar refractivity (Wildman–Crippen MR) is 113 cm³/mol. The Morgan fingerprint density at radius 1 is 1.15 bits per heavy atom. The number of benzene rings is 2. The molecule has 6 heteroatoms. The van der Waals surface area contributed by atoms with E-state index in [2.05, 4.69) is 35.0 Å². The smallest absolute Gasteiger partial charge is 0.179 e. The number of fused-ring (bicyclic) bond motifs is 3. The quantitative estimate of drug-likeness (QED) is 0.679. The van der Waals surface area contributed by atoms with E-state index in [0.29, 0.717) is 23.1 Å². The molecule has 27 heavy (non-hydrogen) atoms. The third-order valence-electron chi connectivity index (χ3n) is 5.18. The molecule has 4 rings (SSSR count). The number of aromatic nitrogens is 1. The van der Waals surface area contributed by atoms with Gasteiger partial charge in [0.05, 0.1) is 19.2 Å². The van der Waals surface area contributed by atoms with Gasteiger partial charge in [-0.15, -0.1) is 12.4 Å². The minimum absolute atomic E-state index is 0.